The maximum atomic E-state index is 11.7. The van der Waals surface area contributed by atoms with E-state index in [4.69, 9.17) is 4.74 Å². The van der Waals surface area contributed by atoms with E-state index in [1.807, 2.05) is 31.2 Å². The second-order valence-corrected chi connectivity index (χ2v) is 4.37. The van der Waals surface area contributed by atoms with Crippen LogP contribution < -0.4 is 4.74 Å². The Morgan fingerprint density at radius 3 is 2.18 bits per heavy atom. The molecule has 1 aliphatic carbocycles. The highest BCUT2D eigenvalue weighted by Gasteiger charge is 2.37. The lowest BCUT2D eigenvalue weighted by molar-refractivity contribution is -0.122. The normalized spacial score (nSPS) is 24.4. The predicted octanol–water partition coefficient (Wildman–Crippen LogP) is 2.06. The van der Waals surface area contributed by atoms with Gasteiger partial charge in [-0.05, 0) is 37.1 Å². The third-order valence-corrected chi connectivity index (χ3v) is 3.49. The molecule has 0 radical (unpaired) electrons. The SMILES string of the molecule is COc1ccc([C@H]2C(C)=C(C)C(=O)[C@@H]2O)cc1. The number of ether oxygens (including phenoxy) is 1. The van der Waals surface area contributed by atoms with Crippen LogP contribution >= 0.6 is 0 Å². The number of hydrogen-bond donors (Lipinski definition) is 1. The van der Waals surface area contributed by atoms with Gasteiger partial charge in [-0.15, -0.1) is 0 Å². The van der Waals surface area contributed by atoms with Crippen molar-refractivity contribution >= 4 is 5.78 Å². The Morgan fingerprint density at radius 1 is 1.18 bits per heavy atom. The van der Waals surface area contributed by atoms with Gasteiger partial charge < -0.3 is 9.84 Å². The van der Waals surface area contributed by atoms with Gasteiger partial charge in [-0.3, -0.25) is 4.79 Å². The first-order valence-electron chi connectivity index (χ1n) is 5.60. The van der Waals surface area contributed by atoms with Crippen LogP contribution in [0.15, 0.2) is 35.4 Å². The molecule has 0 heterocycles. The minimum Gasteiger partial charge on any atom is -0.497 e. The van der Waals surface area contributed by atoms with Crippen molar-refractivity contribution in [3.8, 4) is 5.75 Å². The molecule has 1 N–H and O–H groups in total. The standard InChI is InChI=1S/C14H16O3/c1-8-9(2)13(15)14(16)12(8)10-4-6-11(17-3)7-5-10/h4-7,12,14,16H,1-3H3/t12-,14-/m1/s1. The van der Waals surface area contributed by atoms with Crippen molar-refractivity contribution < 1.29 is 14.6 Å². The fourth-order valence-corrected chi connectivity index (χ4v) is 2.28. The van der Waals surface area contributed by atoms with Crippen molar-refractivity contribution in [3.63, 3.8) is 0 Å². The molecule has 0 saturated heterocycles. The van der Waals surface area contributed by atoms with E-state index < -0.39 is 6.10 Å². The van der Waals surface area contributed by atoms with Gasteiger partial charge in [-0.25, -0.2) is 0 Å². The monoisotopic (exact) mass is 232 g/mol. The minimum atomic E-state index is -0.941. The average molecular weight is 232 g/mol. The molecule has 0 amide bonds. The largest absolute Gasteiger partial charge is 0.497 e. The van der Waals surface area contributed by atoms with Crippen LogP contribution in [0.1, 0.15) is 25.3 Å². The van der Waals surface area contributed by atoms with E-state index in [0.29, 0.717) is 5.57 Å². The summed E-state index contributed by atoms with van der Waals surface area (Å²) in [6.45, 7) is 3.67. The number of benzene rings is 1. The van der Waals surface area contributed by atoms with E-state index in [-0.39, 0.29) is 11.7 Å². The van der Waals surface area contributed by atoms with E-state index in [0.717, 1.165) is 16.9 Å². The maximum absolute atomic E-state index is 11.7. The molecule has 0 saturated carbocycles. The zero-order chi connectivity index (χ0) is 12.6. The Morgan fingerprint density at radius 2 is 1.76 bits per heavy atom. The van der Waals surface area contributed by atoms with Gasteiger partial charge >= 0.3 is 0 Å². The molecular formula is C14H16O3. The van der Waals surface area contributed by atoms with Gasteiger partial charge in [0, 0.05) is 5.92 Å². The first kappa shape index (κ1) is 11.9. The van der Waals surface area contributed by atoms with E-state index in [1.54, 1.807) is 14.0 Å². The van der Waals surface area contributed by atoms with Crippen LogP contribution in [-0.2, 0) is 4.79 Å². The molecule has 0 bridgehead atoms. The molecule has 0 aromatic heterocycles. The van der Waals surface area contributed by atoms with Crippen LogP contribution in [0.2, 0.25) is 0 Å². The van der Waals surface area contributed by atoms with E-state index >= 15 is 0 Å². The number of hydrogen-bond acceptors (Lipinski definition) is 3. The van der Waals surface area contributed by atoms with Gasteiger partial charge in [0.25, 0.3) is 0 Å². The molecule has 3 heteroatoms. The molecule has 2 rings (SSSR count). The van der Waals surface area contributed by atoms with E-state index in [1.165, 1.54) is 0 Å². The second-order valence-electron chi connectivity index (χ2n) is 4.37. The number of methoxy groups -OCH3 is 1. The molecular weight excluding hydrogens is 216 g/mol. The average Bonchev–Trinajstić information content (AvgIpc) is 2.54. The summed E-state index contributed by atoms with van der Waals surface area (Å²) >= 11 is 0. The quantitative estimate of drug-likeness (QED) is 0.849. The van der Waals surface area contributed by atoms with Crippen LogP contribution in [0.3, 0.4) is 0 Å². The van der Waals surface area contributed by atoms with Crippen molar-refractivity contribution in [2.45, 2.75) is 25.9 Å². The molecule has 2 atom stereocenters. The first-order valence-corrected chi connectivity index (χ1v) is 5.60. The Hall–Kier alpha value is -1.61. The highest BCUT2D eigenvalue weighted by atomic mass is 16.5. The molecule has 0 unspecified atom stereocenters. The summed E-state index contributed by atoms with van der Waals surface area (Å²) in [5.41, 5.74) is 2.58. The summed E-state index contributed by atoms with van der Waals surface area (Å²) in [4.78, 5) is 11.7. The summed E-state index contributed by atoms with van der Waals surface area (Å²) in [5.74, 6) is 0.391. The molecule has 0 aliphatic heterocycles. The van der Waals surface area contributed by atoms with Gasteiger partial charge in [0.05, 0.1) is 7.11 Å². The highest BCUT2D eigenvalue weighted by molar-refractivity contribution is 6.03. The number of carbonyl (C=O) groups is 1. The van der Waals surface area contributed by atoms with Crippen LogP contribution in [0.5, 0.6) is 5.75 Å². The van der Waals surface area contributed by atoms with Gasteiger partial charge in [-0.1, -0.05) is 17.7 Å². The number of carbonyl (C=O) groups excluding carboxylic acids is 1. The van der Waals surface area contributed by atoms with Crippen LogP contribution in [-0.4, -0.2) is 24.1 Å². The lowest BCUT2D eigenvalue weighted by Gasteiger charge is -2.16. The highest BCUT2D eigenvalue weighted by Crippen LogP contribution is 2.37. The predicted molar refractivity (Wildman–Crippen MR) is 65.1 cm³/mol. The molecule has 90 valence electrons. The van der Waals surface area contributed by atoms with Gasteiger partial charge in [0.1, 0.15) is 11.9 Å². The Bertz CT molecular complexity index is 471. The van der Waals surface area contributed by atoms with Gasteiger partial charge in [0.15, 0.2) is 5.78 Å². The Balaban J connectivity index is 2.37. The molecule has 0 fully saturated rings. The summed E-state index contributed by atoms with van der Waals surface area (Å²) in [5, 5.41) is 9.96. The van der Waals surface area contributed by atoms with Gasteiger partial charge in [-0.2, -0.15) is 0 Å². The van der Waals surface area contributed by atoms with E-state index in [2.05, 4.69) is 0 Å². The molecule has 17 heavy (non-hydrogen) atoms. The van der Waals surface area contributed by atoms with E-state index in [9.17, 15) is 9.90 Å². The van der Waals surface area contributed by atoms with Crippen molar-refractivity contribution in [1.29, 1.82) is 0 Å². The molecule has 1 aromatic carbocycles. The summed E-state index contributed by atoms with van der Waals surface area (Å²) in [6.07, 6.45) is -0.941. The lowest BCUT2D eigenvalue weighted by atomic mass is 9.91. The fourth-order valence-electron chi connectivity index (χ4n) is 2.28. The molecule has 3 nitrogen and oxygen atoms in total. The lowest BCUT2D eigenvalue weighted by Crippen LogP contribution is -2.21. The number of rotatable bonds is 2. The minimum absolute atomic E-state index is 0.164. The third-order valence-electron chi connectivity index (χ3n) is 3.49. The van der Waals surface area contributed by atoms with Crippen molar-refractivity contribution in [1.82, 2.24) is 0 Å². The number of aliphatic hydroxyl groups is 1. The third kappa shape index (κ3) is 1.87. The van der Waals surface area contributed by atoms with Gasteiger partial charge in [0.2, 0.25) is 0 Å². The Labute approximate surface area is 101 Å². The van der Waals surface area contributed by atoms with Crippen molar-refractivity contribution in [3.05, 3.63) is 41.0 Å². The summed E-state index contributed by atoms with van der Waals surface area (Å²) < 4.78 is 5.09. The van der Waals surface area contributed by atoms with Crippen molar-refractivity contribution in [2.24, 2.45) is 0 Å². The first-order chi connectivity index (χ1) is 8.06. The number of ketones is 1. The smallest absolute Gasteiger partial charge is 0.187 e. The summed E-state index contributed by atoms with van der Waals surface area (Å²) in [6, 6.07) is 7.46. The number of aliphatic hydroxyl groups excluding tert-OH is 1. The topological polar surface area (TPSA) is 46.5 Å². The van der Waals surface area contributed by atoms with Crippen LogP contribution in [0, 0.1) is 0 Å². The zero-order valence-electron chi connectivity index (χ0n) is 10.2. The zero-order valence-corrected chi connectivity index (χ0v) is 10.2. The fraction of sp³-hybridized carbons (Fsp3) is 0.357. The molecule has 1 aromatic rings. The van der Waals surface area contributed by atoms with Crippen molar-refractivity contribution in [2.75, 3.05) is 7.11 Å². The molecule has 0 spiro atoms. The Kier molecular flexibility index (Phi) is 3.03. The second kappa shape index (κ2) is 4.34. The summed E-state index contributed by atoms with van der Waals surface area (Å²) in [7, 11) is 1.61. The van der Waals surface area contributed by atoms with Crippen LogP contribution in [0.4, 0.5) is 0 Å². The van der Waals surface area contributed by atoms with Crippen LogP contribution in [0.25, 0.3) is 0 Å². The molecule has 1 aliphatic rings. The number of Topliss-reactive ketones (excluding diaryl/α,β-unsaturated/α-hetero) is 1. The maximum Gasteiger partial charge on any atom is 0.187 e.